The molecule has 1 saturated heterocycles. The maximum atomic E-state index is 12.1. The van der Waals surface area contributed by atoms with E-state index in [-0.39, 0.29) is 11.4 Å². The third-order valence-electron chi connectivity index (χ3n) is 3.88. The van der Waals surface area contributed by atoms with Gasteiger partial charge in [-0.1, -0.05) is 12.1 Å². The number of hydrogen-bond acceptors (Lipinski definition) is 4. The van der Waals surface area contributed by atoms with Crippen molar-refractivity contribution in [3.05, 3.63) is 29.8 Å². The van der Waals surface area contributed by atoms with Gasteiger partial charge in [0.15, 0.2) is 0 Å². The Labute approximate surface area is 126 Å². The summed E-state index contributed by atoms with van der Waals surface area (Å²) in [5.41, 5.74) is 0.839. The third kappa shape index (κ3) is 4.44. The monoisotopic (exact) mass is 292 g/mol. The van der Waals surface area contributed by atoms with E-state index in [0.29, 0.717) is 19.6 Å². The highest BCUT2D eigenvalue weighted by atomic mass is 16.5. The van der Waals surface area contributed by atoms with Gasteiger partial charge in [-0.3, -0.25) is 4.79 Å². The summed E-state index contributed by atoms with van der Waals surface area (Å²) in [6.07, 6.45) is 2.51. The van der Waals surface area contributed by atoms with Gasteiger partial charge in [0, 0.05) is 13.7 Å². The van der Waals surface area contributed by atoms with Crippen LogP contribution in [-0.2, 0) is 16.0 Å². The van der Waals surface area contributed by atoms with Gasteiger partial charge in [0.05, 0.1) is 25.7 Å². The maximum Gasteiger partial charge on any atom is 0.224 e. The molecule has 21 heavy (non-hydrogen) atoms. The minimum atomic E-state index is -0.112. The molecule has 116 valence electrons. The van der Waals surface area contributed by atoms with Crippen LogP contribution in [0.15, 0.2) is 24.3 Å². The predicted octanol–water partition coefficient (Wildman–Crippen LogP) is 1.12. The molecule has 1 heterocycles. The Morgan fingerprint density at radius 2 is 2.29 bits per heavy atom. The highest BCUT2D eigenvalue weighted by Crippen LogP contribution is 2.19. The number of hydrogen-bond donors (Lipinski definition) is 2. The molecular weight excluding hydrogens is 268 g/mol. The van der Waals surface area contributed by atoms with Crippen LogP contribution < -0.4 is 15.4 Å². The maximum absolute atomic E-state index is 12.1. The van der Waals surface area contributed by atoms with Crippen LogP contribution in [0, 0.1) is 0 Å². The third-order valence-corrected chi connectivity index (χ3v) is 3.88. The summed E-state index contributed by atoms with van der Waals surface area (Å²) in [6, 6.07) is 7.59. The van der Waals surface area contributed by atoms with Crippen molar-refractivity contribution in [3.8, 4) is 5.75 Å². The fourth-order valence-corrected chi connectivity index (χ4v) is 2.77. The standard InChI is InChI=1S/C16H24N2O3/c1-20-12-16(7-4-8-18-16)11-17-15(19)10-13-5-3-6-14(9-13)21-2/h3,5-6,9,18H,4,7-8,10-12H2,1-2H3,(H,17,19). The molecule has 1 unspecified atom stereocenters. The molecular formula is C16H24N2O3. The van der Waals surface area contributed by atoms with Crippen molar-refractivity contribution < 1.29 is 14.3 Å². The molecule has 1 atom stereocenters. The molecule has 1 aliphatic heterocycles. The molecule has 0 bridgehead atoms. The lowest BCUT2D eigenvalue weighted by molar-refractivity contribution is -0.120. The molecule has 0 radical (unpaired) electrons. The van der Waals surface area contributed by atoms with E-state index in [1.807, 2.05) is 24.3 Å². The lowest BCUT2D eigenvalue weighted by Gasteiger charge is -2.29. The second-order valence-electron chi connectivity index (χ2n) is 5.55. The average molecular weight is 292 g/mol. The molecule has 5 nitrogen and oxygen atoms in total. The van der Waals surface area contributed by atoms with Crippen LogP contribution in [0.5, 0.6) is 5.75 Å². The van der Waals surface area contributed by atoms with Gasteiger partial charge in [-0.2, -0.15) is 0 Å². The Hall–Kier alpha value is -1.59. The van der Waals surface area contributed by atoms with E-state index < -0.39 is 0 Å². The number of amides is 1. The molecule has 0 aromatic heterocycles. The molecule has 0 spiro atoms. The van der Waals surface area contributed by atoms with Crippen molar-refractivity contribution in [1.29, 1.82) is 0 Å². The Bertz CT molecular complexity index is 470. The van der Waals surface area contributed by atoms with Crippen molar-refractivity contribution in [1.82, 2.24) is 10.6 Å². The average Bonchev–Trinajstić information content (AvgIpc) is 2.95. The first-order chi connectivity index (χ1) is 10.2. The quantitative estimate of drug-likeness (QED) is 0.791. The summed E-state index contributed by atoms with van der Waals surface area (Å²) in [6.45, 7) is 2.20. The van der Waals surface area contributed by atoms with E-state index in [4.69, 9.17) is 9.47 Å². The van der Waals surface area contributed by atoms with E-state index in [9.17, 15) is 4.79 Å². The lowest BCUT2D eigenvalue weighted by atomic mass is 9.98. The Morgan fingerprint density at radius 3 is 2.95 bits per heavy atom. The highest BCUT2D eigenvalue weighted by Gasteiger charge is 2.33. The summed E-state index contributed by atoms with van der Waals surface area (Å²) in [5, 5.41) is 6.46. The van der Waals surface area contributed by atoms with Gasteiger partial charge in [0.25, 0.3) is 0 Å². The molecule has 0 saturated carbocycles. The predicted molar refractivity (Wildman–Crippen MR) is 81.6 cm³/mol. The van der Waals surface area contributed by atoms with Gasteiger partial charge in [0.1, 0.15) is 5.75 Å². The molecule has 1 amide bonds. The SMILES string of the molecule is COCC1(CNC(=O)Cc2cccc(OC)c2)CCCN1. The molecule has 1 aromatic carbocycles. The zero-order valence-electron chi connectivity index (χ0n) is 12.8. The van der Waals surface area contributed by atoms with Crippen molar-refractivity contribution in [2.24, 2.45) is 0 Å². The van der Waals surface area contributed by atoms with Crippen LogP contribution in [0.2, 0.25) is 0 Å². The molecule has 5 heteroatoms. The van der Waals surface area contributed by atoms with Crippen LogP contribution >= 0.6 is 0 Å². The number of carbonyl (C=O) groups excluding carboxylic acids is 1. The first-order valence-electron chi connectivity index (χ1n) is 7.31. The van der Waals surface area contributed by atoms with Crippen molar-refractivity contribution in [3.63, 3.8) is 0 Å². The van der Waals surface area contributed by atoms with Crippen LogP contribution in [0.4, 0.5) is 0 Å². The minimum absolute atomic E-state index is 0.0208. The van der Waals surface area contributed by atoms with Gasteiger partial charge in [-0.25, -0.2) is 0 Å². The van der Waals surface area contributed by atoms with E-state index in [2.05, 4.69) is 10.6 Å². The Morgan fingerprint density at radius 1 is 1.43 bits per heavy atom. The highest BCUT2D eigenvalue weighted by molar-refractivity contribution is 5.78. The van der Waals surface area contributed by atoms with Crippen LogP contribution in [-0.4, -0.2) is 45.4 Å². The minimum Gasteiger partial charge on any atom is -0.497 e. The van der Waals surface area contributed by atoms with Gasteiger partial charge in [0.2, 0.25) is 5.91 Å². The van der Waals surface area contributed by atoms with Gasteiger partial charge >= 0.3 is 0 Å². The van der Waals surface area contributed by atoms with Crippen molar-refractivity contribution in [2.75, 3.05) is 33.9 Å². The molecule has 2 rings (SSSR count). The van der Waals surface area contributed by atoms with Gasteiger partial charge in [-0.05, 0) is 37.1 Å². The number of benzene rings is 1. The second-order valence-corrected chi connectivity index (χ2v) is 5.55. The Balaban J connectivity index is 1.86. The molecule has 1 aromatic rings. The van der Waals surface area contributed by atoms with Crippen LogP contribution in [0.25, 0.3) is 0 Å². The number of rotatable bonds is 7. The van der Waals surface area contributed by atoms with Crippen LogP contribution in [0.1, 0.15) is 18.4 Å². The smallest absolute Gasteiger partial charge is 0.224 e. The molecule has 1 fully saturated rings. The summed E-state index contributed by atoms with van der Waals surface area (Å²) >= 11 is 0. The number of ether oxygens (including phenoxy) is 2. The van der Waals surface area contributed by atoms with E-state index in [0.717, 1.165) is 30.7 Å². The van der Waals surface area contributed by atoms with Crippen molar-refractivity contribution in [2.45, 2.75) is 24.8 Å². The van der Waals surface area contributed by atoms with E-state index in [1.165, 1.54) is 0 Å². The summed E-state index contributed by atoms with van der Waals surface area (Å²) in [4.78, 5) is 12.1. The van der Waals surface area contributed by atoms with E-state index >= 15 is 0 Å². The Kier molecular flexibility index (Phi) is 5.59. The van der Waals surface area contributed by atoms with Crippen molar-refractivity contribution >= 4 is 5.91 Å². The number of nitrogens with one attached hydrogen (secondary N) is 2. The zero-order chi connectivity index (χ0) is 15.1. The largest absolute Gasteiger partial charge is 0.497 e. The first-order valence-corrected chi connectivity index (χ1v) is 7.31. The van der Waals surface area contributed by atoms with Crippen LogP contribution in [0.3, 0.4) is 0 Å². The zero-order valence-corrected chi connectivity index (χ0v) is 12.8. The fourth-order valence-electron chi connectivity index (χ4n) is 2.77. The molecule has 0 aliphatic carbocycles. The van der Waals surface area contributed by atoms with Gasteiger partial charge < -0.3 is 20.1 Å². The number of methoxy groups -OCH3 is 2. The normalized spacial score (nSPS) is 21.2. The summed E-state index contributed by atoms with van der Waals surface area (Å²) in [5.74, 6) is 0.793. The van der Waals surface area contributed by atoms with Gasteiger partial charge in [-0.15, -0.1) is 0 Å². The molecule has 1 aliphatic rings. The second kappa shape index (κ2) is 7.43. The number of carbonyl (C=O) groups is 1. The topological polar surface area (TPSA) is 59.6 Å². The lowest BCUT2D eigenvalue weighted by Crippen LogP contribution is -2.53. The fraction of sp³-hybridized carbons (Fsp3) is 0.562. The summed E-state index contributed by atoms with van der Waals surface area (Å²) in [7, 11) is 3.32. The molecule has 2 N–H and O–H groups in total. The van der Waals surface area contributed by atoms with E-state index in [1.54, 1.807) is 14.2 Å². The first kappa shape index (κ1) is 15.8. The summed E-state index contributed by atoms with van der Waals surface area (Å²) < 4.78 is 10.4.